The standard InChI is InChI=1S/C18H14N6OS/c19-8-11-2-1-3-12(6-11)9-20-18-24-23-16(10-26-18)13-4-5-14-15(7-13)22-17(25)21-14/h1-7H,9-10H2,(H,20,24)(H2,21,22,25). The van der Waals surface area contributed by atoms with E-state index in [4.69, 9.17) is 5.26 Å². The van der Waals surface area contributed by atoms with Gasteiger partial charge in [0.1, 0.15) is 0 Å². The summed E-state index contributed by atoms with van der Waals surface area (Å²) in [4.78, 5) is 21.3. The third kappa shape index (κ3) is 3.38. The molecule has 1 aliphatic heterocycles. The molecule has 0 atom stereocenters. The van der Waals surface area contributed by atoms with Gasteiger partial charge in [0.2, 0.25) is 0 Å². The van der Waals surface area contributed by atoms with E-state index in [0.717, 1.165) is 33.0 Å². The van der Waals surface area contributed by atoms with Crippen LogP contribution >= 0.6 is 11.8 Å². The number of aromatic nitrogens is 2. The van der Waals surface area contributed by atoms with E-state index in [1.165, 1.54) is 0 Å². The fraction of sp³-hybridized carbons (Fsp3) is 0.111. The molecule has 0 aliphatic carbocycles. The van der Waals surface area contributed by atoms with Gasteiger partial charge in [0.15, 0.2) is 5.17 Å². The summed E-state index contributed by atoms with van der Waals surface area (Å²) in [5.74, 6) is 0.685. The van der Waals surface area contributed by atoms with Gasteiger partial charge in [0, 0.05) is 11.3 Å². The van der Waals surface area contributed by atoms with E-state index in [1.54, 1.807) is 17.8 Å². The lowest BCUT2D eigenvalue weighted by molar-refractivity contribution is 0.987. The van der Waals surface area contributed by atoms with Crippen molar-refractivity contribution < 1.29 is 0 Å². The lowest BCUT2D eigenvalue weighted by atomic mass is 10.1. The molecule has 0 amide bonds. The second kappa shape index (κ2) is 6.90. The van der Waals surface area contributed by atoms with Crippen molar-refractivity contribution in [1.82, 2.24) is 15.4 Å². The van der Waals surface area contributed by atoms with Crippen LogP contribution in [0.3, 0.4) is 0 Å². The maximum atomic E-state index is 11.4. The molecule has 3 aromatic rings. The highest BCUT2D eigenvalue weighted by atomic mass is 32.2. The van der Waals surface area contributed by atoms with E-state index in [0.29, 0.717) is 17.9 Å². The molecule has 0 fully saturated rings. The maximum Gasteiger partial charge on any atom is 0.323 e. The van der Waals surface area contributed by atoms with E-state index in [9.17, 15) is 4.79 Å². The molecule has 26 heavy (non-hydrogen) atoms. The monoisotopic (exact) mass is 362 g/mol. The number of rotatable bonds is 3. The van der Waals surface area contributed by atoms with Crippen LogP contribution in [0, 0.1) is 11.3 Å². The van der Waals surface area contributed by atoms with Crippen molar-refractivity contribution in [3.63, 3.8) is 0 Å². The highest BCUT2D eigenvalue weighted by molar-refractivity contribution is 8.14. The summed E-state index contributed by atoms with van der Waals surface area (Å²) < 4.78 is 0. The molecule has 2 heterocycles. The van der Waals surface area contributed by atoms with Crippen molar-refractivity contribution in [1.29, 1.82) is 5.26 Å². The number of thioether (sulfide) groups is 1. The van der Waals surface area contributed by atoms with Crippen molar-refractivity contribution in [2.45, 2.75) is 6.54 Å². The Morgan fingerprint density at radius 1 is 1.19 bits per heavy atom. The van der Waals surface area contributed by atoms with Gasteiger partial charge >= 0.3 is 5.69 Å². The topological polar surface area (TPSA) is 109 Å². The molecule has 1 aromatic heterocycles. The molecule has 0 spiro atoms. The molecule has 3 N–H and O–H groups in total. The zero-order chi connectivity index (χ0) is 17.9. The Balaban J connectivity index is 1.48. The molecule has 4 rings (SSSR count). The van der Waals surface area contributed by atoms with Gasteiger partial charge in [-0.1, -0.05) is 30.0 Å². The molecule has 8 heteroatoms. The molecule has 0 saturated carbocycles. The fourth-order valence-electron chi connectivity index (χ4n) is 2.66. The zero-order valence-electron chi connectivity index (χ0n) is 13.6. The molecule has 2 aromatic carbocycles. The predicted molar refractivity (Wildman–Crippen MR) is 103 cm³/mol. The van der Waals surface area contributed by atoms with Crippen molar-refractivity contribution in [3.05, 3.63) is 69.6 Å². The highest BCUT2D eigenvalue weighted by Crippen LogP contribution is 2.17. The van der Waals surface area contributed by atoms with Gasteiger partial charge in [0.25, 0.3) is 0 Å². The van der Waals surface area contributed by atoms with Crippen molar-refractivity contribution in [3.8, 4) is 6.07 Å². The highest BCUT2D eigenvalue weighted by Gasteiger charge is 2.14. The van der Waals surface area contributed by atoms with Crippen LogP contribution in [-0.4, -0.2) is 26.6 Å². The molecular weight excluding hydrogens is 348 g/mol. The smallest absolute Gasteiger partial charge is 0.306 e. The second-order valence-electron chi connectivity index (χ2n) is 5.73. The van der Waals surface area contributed by atoms with Crippen LogP contribution in [0.5, 0.6) is 0 Å². The number of nitriles is 1. The molecule has 0 unspecified atom stereocenters. The van der Waals surface area contributed by atoms with Gasteiger partial charge < -0.3 is 9.97 Å². The Morgan fingerprint density at radius 2 is 2.08 bits per heavy atom. The Labute approximate surface area is 152 Å². The minimum Gasteiger partial charge on any atom is -0.306 e. The SMILES string of the molecule is N#Cc1cccc(CN=C2NN=C(c3ccc4[nH]c(=O)[nH]c4c3)CS2)c1. The number of fused-ring (bicyclic) bond motifs is 1. The third-order valence-corrected chi connectivity index (χ3v) is 4.85. The summed E-state index contributed by atoms with van der Waals surface area (Å²) >= 11 is 1.57. The first-order valence-corrected chi connectivity index (χ1v) is 8.91. The molecule has 128 valence electrons. The predicted octanol–water partition coefficient (Wildman–Crippen LogP) is 2.32. The van der Waals surface area contributed by atoms with E-state index in [2.05, 4.69) is 31.6 Å². The summed E-state index contributed by atoms with van der Waals surface area (Å²) in [7, 11) is 0. The Bertz CT molecular complexity index is 1130. The van der Waals surface area contributed by atoms with Crippen LogP contribution in [0.1, 0.15) is 16.7 Å². The van der Waals surface area contributed by atoms with Gasteiger partial charge in [-0.3, -0.25) is 10.4 Å². The number of hydrogen-bond acceptors (Lipinski definition) is 5. The minimum atomic E-state index is -0.217. The molecule has 1 aliphatic rings. The first kappa shape index (κ1) is 16.2. The molecule has 0 saturated heterocycles. The van der Waals surface area contributed by atoms with Gasteiger partial charge in [-0.05, 0) is 29.8 Å². The average molecular weight is 362 g/mol. The van der Waals surface area contributed by atoms with Crippen LogP contribution in [0.25, 0.3) is 11.0 Å². The zero-order valence-corrected chi connectivity index (χ0v) is 14.4. The third-order valence-electron chi connectivity index (χ3n) is 3.94. The van der Waals surface area contributed by atoms with Crippen LogP contribution in [-0.2, 0) is 6.54 Å². The van der Waals surface area contributed by atoms with E-state index in [1.807, 2.05) is 36.4 Å². The lowest BCUT2D eigenvalue weighted by Crippen LogP contribution is -2.25. The molecule has 7 nitrogen and oxygen atoms in total. The number of H-pyrrole nitrogens is 2. The number of aliphatic imine (C=N–C) groups is 1. The van der Waals surface area contributed by atoms with Gasteiger partial charge in [0.05, 0.1) is 34.9 Å². The number of amidine groups is 1. The van der Waals surface area contributed by atoms with E-state index < -0.39 is 0 Å². The van der Waals surface area contributed by atoms with Gasteiger partial charge in [-0.15, -0.1) is 0 Å². The Morgan fingerprint density at radius 3 is 2.88 bits per heavy atom. The summed E-state index contributed by atoms with van der Waals surface area (Å²) in [5.41, 5.74) is 7.75. The average Bonchev–Trinajstić information content (AvgIpc) is 3.06. The van der Waals surface area contributed by atoms with Crippen LogP contribution in [0.2, 0.25) is 0 Å². The summed E-state index contributed by atoms with van der Waals surface area (Å²) in [5, 5.41) is 14.1. The molecular formula is C18H14N6OS. The number of hydrogen-bond donors (Lipinski definition) is 3. The normalized spacial score (nSPS) is 15.5. The first-order valence-electron chi connectivity index (χ1n) is 7.92. The number of benzene rings is 2. The minimum absolute atomic E-state index is 0.217. The quantitative estimate of drug-likeness (QED) is 0.664. The number of nitrogens with one attached hydrogen (secondary N) is 3. The Hall–Kier alpha value is -3.31. The second-order valence-corrected chi connectivity index (χ2v) is 6.70. The van der Waals surface area contributed by atoms with Gasteiger partial charge in [-0.25, -0.2) is 4.79 Å². The Kier molecular flexibility index (Phi) is 4.29. The molecule has 0 bridgehead atoms. The maximum absolute atomic E-state index is 11.4. The first-order chi connectivity index (χ1) is 12.7. The number of hydrazone groups is 1. The number of nitrogens with zero attached hydrogens (tertiary/aromatic N) is 3. The number of aromatic amines is 2. The summed E-state index contributed by atoms with van der Waals surface area (Å²) in [6, 6.07) is 15.2. The van der Waals surface area contributed by atoms with Crippen molar-refractivity contribution in [2.75, 3.05) is 5.75 Å². The fourth-order valence-corrected chi connectivity index (χ4v) is 3.43. The van der Waals surface area contributed by atoms with E-state index in [-0.39, 0.29) is 5.69 Å². The van der Waals surface area contributed by atoms with Crippen molar-refractivity contribution in [2.24, 2.45) is 10.1 Å². The van der Waals surface area contributed by atoms with Gasteiger partial charge in [-0.2, -0.15) is 10.4 Å². The number of imidazole rings is 1. The van der Waals surface area contributed by atoms with Crippen LogP contribution in [0.15, 0.2) is 57.4 Å². The van der Waals surface area contributed by atoms with Crippen LogP contribution < -0.4 is 11.1 Å². The molecule has 0 radical (unpaired) electrons. The lowest BCUT2D eigenvalue weighted by Gasteiger charge is -2.15. The van der Waals surface area contributed by atoms with Crippen molar-refractivity contribution >= 4 is 33.7 Å². The van der Waals surface area contributed by atoms with E-state index >= 15 is 0 Å². The largest absolute Gasteiger partial charge is 0.323 e. The summed E-state index contributed by atoms with van der Waals surface area (Å²) in [6.45, 7) is 0.492. The summed E-state index contributed by atoms with van der Waals surface area (Å²) in [6.07, 6.45) is 0. The van der Waals surface area contributed by atoms with Crippen LogP contribution in [0.4, 0.5) is 0 Å².